The van der Waals surface area contributed by atoms with Gasteiger partial charge in [-0.05, 0) is 34.1 Å². The smallest absolute Gasteiger partial charge is 0.348 e. The summed E-state index contributed by atoms with van der Waals surface area (Å²) in [6.07, 6.45) is 1.33. The normalized spacial score (nSPS) is 16.9. The molecule has 1 fully saturated rings. The minimum absolute atomic E-state index is 0.241. The maximum absolute atomic E-state index is 13.5. The second kappa shape index (κ2) is 5.72. The predicted octanol–water partition coefficient (Wildman–Crippen LogP) is 2.87. The summed E-state index contributed by atoms with van der Waals surface area (Å²) in [7, 11) is 3.45. The van der Waals surface area contributed by atoms with Gasteiger partial charge in [-0.3, -0.25) is 0 Å². The van der Waals surface area contributed by atoms with Crippen molar-refractivity contribution in [2.75, 3.05) is 19.0 Å². The maximum Gasteiger partial charge on any atom is 0.348 e. The van der Waals surface area contributed by atoms with Crippen LogP contribution in [-0.4, -0.2) is 31.8 Å². The third-order valence-corrected chi connectivity index (χ3v) is 3.62. The van der Waals surface area contributed by atoms with E-state index in [1.54, 1.807) is 19.0 Å². The molecule has 0 bridgehead atoms. The molecule has 1 saturated heterocycles. The van der Waals surface area contributed by atoms with Crippen molar-refractivity contribution in [2.24, 2.45) is 0 Å². The summed E-state index contributed by atoms with van der Waals surface area (Å²) in [5.41, 5.74) is 0.745. The number of ether oxygens (including phenoxy) is 2. The molecule has 1 aromatic rings. The Labute approximate surface area is 135 Å². The SMILES string of the molecule is CN(C)c1cc(F)cc(Br)c1C=C1C(=O)OC(C)(C)OC1=O. The number of carbonyl (C=O) groups excluding carboxylic acids is 2. The van der Waals surface area contributed by atoms with Crippen molar-refractivity contribution in [1.29, 1.82) is 0 Å². The largest absolute Gasteiger partial charge is 0.419 e. The van der Waals surface area contributed by atoms with Gasteiger partial charge in [0.15, 0.2) is 0 Å². The molecule has 0 aliphatic carbocycles. The van der Waals surface area contributed by atoms with Gasteiger partial charge in [0, 0.05) is 43.7 Å². The summed E-state index contributed by atoms with van der Waals surface area (Å²) < 4.78 is 24.0. The van der Waals surface area contributed by atoms with E-state index in [4.69, 9.17) is 9.47 Å². The van der Waals surface area contributed by atoms with E-state index in [0.29, 0.717) is 15.7 Å². The molecule has 0 radical (unpaired) electrons. The molecule has 0 aromatic heterocycles. The highest BCUT2D eigenvalue weighted by Crippen LogP contribution is 2.32. The molecule has 5 nitrogen and oxygen atoms in total. The Bertz CT molecular complexity index is 660. The van der Waals surface area contributed by atoms with E-state index >= 15 is 0 Å². The number of halogens is 2. The van der Waals surface area contributed by atoms with E-state index in [2.05, 4.69) is 15.9 Å². The second-order valence-electron chi connectivity index (χ2n) is 5.45. The zero-order chi connectivity index (χ0) is 16.7. The standard InChI is InChI=1S/C15H15BrFNO4/c1-15(2)21-13(19)10(14(20)22-15)7-9-11(16)5-8(17)6-12(9)18(3)4/h5-7H,1-4H3. The molecule has 0 amide bonds. The van der Waals surface area contributed by atoms with E-state index in [0.717, 1.165) is 0 Å². The highest BCUT2D eigenvalue weighted by atomic mass is 79.9. The van der Waals surface area contributed by atoms with E-state index in [9.17, 15) is 14.0 Å². The number of esters is 2. The van der Waals surface area contributed by atoms with Crippen molar-refractivity contribution in [3.8, 4) is 0 Å². The van der Waals surface area contributed by atoms with Crippen LogP contribution in [0.1, 0.15) is 19.4 Å². The number of cyclic esters (lactones) is 2. The minimum atomic E-state index is -1.30. The summed E-state index contributed by atoms with van der Waals surface area (Å²) in [4.78, 5) is 25.6. The molecular weight excluding hydrogens is 357 g/mol. The van der Waals surface area contributed by atoms with Crippen LogP contribution in [0.25, 0.3) is 6.08 Å². The molecular formula is C15H15BrFNO4. The summed E-state index contributed by atoms with van der Waals surface area (Å²) in [5.74, 6) is -3.28. The fourth-order valence-corrected chi connectivity index (χ4v) is 2.54. The lowest BCUT2D eigenvalue weighted by Crippen LogP contribution is -2.41. The van der Waals surface area contributed by atoms with Crippen molar-refractivity contribution in [3.05, 3.63) is 33.6 Å². The maximum atomic E-state index is 13.5. The molecule has 1 aliphatic rings. The molecule has 1 aliphatic heterocycles. The van der Waals surface area contributed by atoms with Gasteiger partial charge < -0.3 is 14.4 Å². The van der Waals surface area contributed by atoms with Crippen molar-refractivity contribution >= 4 is 39.6 Å². The third kappa shape index (κ3) is 3.30. The van der Waals surface area contributed by atoms with Gasteiger partial charge in [0.25, 0.3) is 5.79 Å². The molecule has 0 N–H and O–H groups in total. The van der Waals surface area contributed by atoms with E-state index in [-0.39, 0.29) is 5.57 Å². The first kappa shape index (κ1) is 16.5. The van der Waals surface area contributed by atoms with Gasteiger partial charge in [0.1, 0.15) is 11.4 Å². The van der Waals surface area contributed by atoms with E-state index in [1.807, 2.05) is 0 Å². The number of hydrogen-bond acceptors (Lipinski definition) is 5. The Balaban J connectivity index is 2.54. The van der Waals surface area contributed by atoms with Crippen molar-refractivity contribution in [1.82, 2.24) is 0 Å². The number of hydrogen-bond donors (Lipinski definition) is 0. The van der Waals surface area contributed by atoms with Crippen LogP contribution in [0, 0.1) is 5.82 Å². The van der Waals surface area contributed by atoms with Gasteiger partial charge in [0.2, 0.25) is 0 Å². The Morgan fingerprint density at radius 2 is 1.73 bits per heavy atom. The Morgan fingerprint density at radius 1 is 1.18 bits per heavy atom. The van der Waals surface area contributed by atoms with E-state index < -0.39 is 23.5 Å². The van der Waals surface area contributed by atoms with Gasteiger partial charge in [-0.25, -0.2) is 14.0 Å². The van der Waals surface area contributed by atoms with Crippen molar-refractivity contribution in [2.45, 2.75) is 19.6 Å². The number of carbonyl (C=O) groups is 2. The highest BCUT2D eigenvalue weighted by Gasteiger charge is 2.39. The fourth-order valence-electron chi connectivity index (χ4n) is 2.01. The van der Waals surface area contributed by atoms with Gasteiger partial charge in [-0.15, -0.1) is 0 Å². The van der Waals surface area contributed by atoms with Crippen LogP contribution in [0.4, 0.5) is 10.1 Å². The Kier molecular flexibility index (Phi) is 4.28. The highest BCUT2D eigenvalue weighted by molar-refractivity contribution is 9.10. The molecule has 118 valence electrons. The van der Waals surface area contributed by atoms with Crippen LogP contribution >= 0.6 is 15.9 Å². The number of benzene rings is 1. The van der Waals surface area contributed by atoms with Crippen LogP contribution in [-0.2, 0) is 19.1 Å². The second-order valence-corrected chi connectivity index (χ2v) is 6.31. The van der Waals surface area contributed by atoms with Crippen molar-refractivity contribution in [3.63, 3.8) is 0 Å². The average molecular weight is 372 g/mol. The molecule has 0 saturated carbocycles. The van der Waals surface area contributed by atoms with Gasteiger partial charge in [-0.2, -0.15) is 0 Å². The van der Waals surface area contributed by atoms with Crippen LogP contribution in [0.3, 0.4) is 0 Å². The lowest BCUT2D eigenvalue weighted by Gasteiger charge is -2.30. The van der Waals surface area contributed by atoms with Crippen LogP contribution < -0.4 is 4.90 Å². The quantitative estimate of drug-likeness (QED) is 0.454. The summed E-state index contributed by atoms with van der Waals surface area (Å²) in [5, 5.41) is 0. The molecule has 7 heteroatoms. The zero-order valence-electron chi connectivity index (χ0n) is 12.6. The topological polar surface area (TPSA) is 55.8 Å². The third-order valence-electron chi connectivity index (χ3n) is 2.96. The number of rotatable bonds is 2. The lowest BCUT2D eigenvalue weighted by atomic mass is 10.1. The van der Waals surface area contributed by atoms with E-state index in [1.165, 1.54) is 32.1 Å². The Hall–Kier alpha value is -1.89. The molecule has 0 spiro atoms. The zero-order valence-corrected chi connectivity index (χ0v) is 14.2. The molecule has 22 heavy (non-hydrogen) atoms. The first-order chi connectivity index (χ1) is 10.1. The summed E-state index contributed by atoms with van der Waals surface area (Å²) in [6.45, 7) is 2.94. The number of anilines is 1. The predicted molar refractivity (Wildman–Crippen MR) is 82.7 cm³/mol. The first-order valence-corrected chi connectivity index (χ1v) is 7.25. The van der Waals surface area contributed by atoms with Gasteiger partial charge in [0.05, 0.1) is 0 Å². The minimum Gasteiger partial charge on any atom is -0.419 e. The molecule has 0 unspecified atom stereocenters. The van der Waals surface area contributed by atoms with Crippen LogP contribution in [0.2, 0.25) is 0 Å². The molecule has 1 aromatic carbocycles. The van der Waals surface area contributed by atoms with Crippen molar-refractivity contribution < 1.29 is 23.5 Å². The van der Waals surface area contributed by atoms with Crippen LogP contribution in [0.5, 0.6) is 0 Å². The number of nitrogens with zero attached hydrogens (tertiary/aromatic N) is 1. The first-order valence-electron chi connectivity index (χ1n) is 6.45. The molecule has 1 heterocycles. The van der Waals surface area contributed by atoms with Crippen LogP contribution in [0.15, 0.2) is 22.2 Å². The Morgan fingerprint density at radius 3 is 2.23 bits per heavy atom. The molecule has 0 atom stereocenters. The monoisotopic (exact) mass is 371 g/mol. The summed E-state index contributed by atoms with van der Waals surface area (Å²) >= 11 is 3.24. The summed E-state index contributed by atoms with van der Waals surface area (Å²) in [6, 6.07) is 2.56. The van der Waals surface area contributed by atoms with Gasteiger partial charge >= 0.3 is 11.9 Å². The average Bonchev–Trinajstić information content (AvgIpc) is 2.33. The van der Waals surface area contributed by atoms with Gasteiger partial charge in [-0.1, -0.05) is 0 Å². The lowest BCUT2D eigenvalue weighted by molar-refractivity contribution is -0.222. The fraction of sp³-hybridized carbons (Fsp3) is 0.333. The molecule has 2 rings (SSSR count).